The van der Waals surface area contributed by atoms with Crippen LogP contribution in [0.1, 0.15) is 36.3 Å². The van der Waals surface area contributed by atoms with E-state index in [0.29, 0.717) is 39.7 Å². The second-order valence-corrected chi connectivity index (χ2v) is 11.5. The summed E-state index contributed by atoms with van der Waals surface area (Å²) < 4.78 is 82.6. The fourth-order valence-electron chi connectivity index (χ4n) is 5.40. The Labute approximate surface area is 276 Å². The Morgan fingerprint density at radius 3 is 2.22 bits per heavy atom. The molecule has 3 N–H and O–H groups in total. The van der Waals surface area contributed by atoms with Gasteiger partial charge in [-0.25, -0.2) is 9.89 Å². The highest BCUT2D eigenvalue weighted by Gasteiger charge is 2.31. The number of hydrogen-bond acceptors (Lipinski definition) is 6. The summed E-state index contributed by atoms with van der Waals surface area (Å²) in [6.45, 7) is -0.635. The minimum absolute atomic E-state index is 0.124. The van der Waals surface area contributed by atoms with Gasteiger partial charge in [0.25, 0.3) is 0 Å². The molecular weight excluding hydrogens is 652 g/mol. The van der Waals surface area contributed by atoms with Crippen LogP contribution in [0.3, 0.4) is 0 Å². The zero-order chi connectivity index (χ0) is 34.6. The Morgan fingerprint density at radius 2 is 1.59 bits per heavy atom. The number of aromatic nitrogens is 4. The van der Waals surface area contributed by atoms with E-state index in [1.54, 1.807) is 48.5 Å². The lowest BCUT2D eigenvalue weighted by Gasteiger charge is -2.28. The topological polar surface area (TPSA) is 108 Å². The van der Waals surface area contributed by atoms with Crippen LogP contribution in [-0.4, -0.2) is 45.7 Å². The number of anilines is 3. The number of halogens is 6. The molecule has 0 aliphatic heterocycles. The number of H-pyrrole nitrogens is 1. The van der Waals surface area contributed by atoms with Gasteiger partial charge in [-0.05, 0) is 87.8 Å². The number of alkyl halides is 6. The van der Waals surface area contributed by atoms with Crippen LogP contribution in [0.4, 0.5) is 48.2 Å². The van der Waals surface area contributed by atoms with Gasteiger partial charge < -0.3 is 20.3 Å². The first-order valence-corrected chi connectivity index (χ1v) is 15.2. The molecule has 1 aromatic heterocycles. The van der Waals surface area contributed by atoms with Crippen LogP contribution in [0.2, 0.25) is 0 Å². The number of urea groups is 1. The molecule has 1 aliphatic rings. The number of carbonyl (C=O) groups is 1. The van der Waals surface area contributed by atoms with E-state index in [1.807, 2.05) is 18.2 Å². The van der Waals surface area contributed by atoms with Crippen LogP contribution in [0, 0.1) is 0 Å². The molecule has 1 fully saturated rings. The molecule has 254 valence electrons. The number of nitrogens with one attached hydrogen (secondary N) is 3. The van der Waals surface area contributed by atoms with E-state index < -0.39 is 37.3 Å². The van der Waals surface area contributed by atoms with Crippen LogP contribution in [0.5, 0.6) is 5.75 Å². The standard InChI is InChI=1S/C34H29F6N7O2/c35-33(36,37)17-18-47(20-21-5-14-26(15-6-21)49-34(38,39)40)30-16-11-24(27-3-1-2-4-28(27)31-43-45-46-44-31)19-29(30)42-32(48)41-25-12-9-23(10-13-25)22-7-8-22/h1-6,9-16,19,22H,7-8,17-18,20H2,(H2,41,42,48)(H,43,44,45,46). The highest BCUT2D eigenvalue weighted by atomic mass is 19.4. The maximum atomic E-state index is 13.5. The van der Waals surface area contributed by atoms with Crippen molar-refractivity contribution in [3.8, 4) is 28.3 Å². The summed E-state index contributed by atoms with van der Waals surface area (Å²) in [7, 11) is 0. The molecule has 6 rings (SSSR count). The average molecular weight is 682 g/mol. The number of ether oxygens (including phenoxy) is 1. The zero-order valence-corrected chi connectivity index (χ0v) is 25.6. The molecule has 15 heteroatoms. The highest BCUT2D eigenvalue weighted by Crippen LogP contribution is 2.40. The van der Waals surface area contributed by atoms with E-state index in [2.05, 4.69) is 36.0 Å². The van der Waals surface area contributed by atoms with Gasteiger partial charge in [-0.3, -0.25) is 0 Å². The Bertz CT molecular complexity index is 1880. The average Bonchev–Trinajstić information content (AvgIpc) is 3.76. The van der Waals surface area contributed by atoms with Gasteiger partial charge in [-0.15, -0.1) is 18.3 Å². The van der Waals surface area contributed by atoms with Crippen molar-refractivity contribution in [1.29, 1.82) is 0 Å². The molecule has 0 atom stereocenters. The summed E-state index contributed by atoms with van der Waals surface area (Å²) in [6.07, 6.45) is -8.35. The number of hydrogen-bond donors (Lipinski definition) is 3. The maximum absolute atomic E-state index is 13.5. The monoisotopic (exact) mass is 681 g/mol. The van der Waals surface area contributed by atoms with E-state index in [4.69, 9.17) is 0 Å². The van der Waals surface area contributed by atoms with E-state index >= 15 is 0 Å². The first kappa shape index (κ1) is 33.3. The minimum atomic E-state index is -4.90. The van der Waals surface area contributed by atoms with Gasteiger partial charge in [0.1, 0.15) is 5.75 Å². The fraction of sp³-hybridized carbons (Fsp3) is 0.235. The number of carbonyl (C=O) groups excluding carboxylic acids is 1. The number of nitrogens with zero attached hydrogens (tertiary/aromatic N) is 4. The van der Waals surface area contributed by atoms with Gasteiger partial charge in [0.05, 0.1) is 17.8 Å². The van der Waals surface area contributed by atoms with Gasteiger partial charge in [0, 0.05) is 24.3 Å². The molecule has 4 aromatic carbocycles. The fourth-order valence-corrected chi connectivity index (χ4v) is 5.40. The van der Waals surface area contributed by atoms with Crippen LogP contribution in [0.15, 0.2) is 91.0 Å². The molecular formula is C34H29F6N7O2. The van der Waals surface area contributed by atoms with Gasteiger partial charge in [-0.2, -0.15) is 13.2 Å². The maximum Gasteiger partial charge on any atom is 0.573 e. The van der Waals surface area contributed by atoms with Crippen molar-refractivity contribution in [1.82, 2.24) is 20.6 Å². The van der Waals surface area contributed by atoms with Gasteiger partial charge >= 0.3 is 18.6 Å². The molecule has 2 amide bonds. The quantitative estimate of drug-likeness (QED) is 0.120. The van der Waals surface area contributed by atoms with E-state index in [1.165, 1.54) is 22.6 Å². The van der Waals surface area contributed by atoms with Crippen molar-refractivity contribution in [3.05, 3.63) is 102 Å². The van der Waals surface area contributed by atoms with Crippen molar-refractivity contribution in [2.24, 2.45) is 0 Å². The Balaban J connectivity index is 1.35. The Morgan fingerprint density at radius 1 is 0.878 bits per heavy atom. The third-order valence-electron chi connectivity index (χ3n) is 7.84. The SMILES string of the molecule is O=C(Nc1ccc(C2CC2)cc1)Nc1cc(-c2ccccc2-c2nnn[nH]2)ccc1N(CCC(F)(F)F)Cc1ccc(OC(F)(F)F)cc1. The molecule has 0 unspecified atom stereocenters. The predicted molar refractivity (Wildman–Crippen MR) is 171 cm³/mol. The normalized spacial score (nSPS) is 13.2. The summed E-state index contributed by atoms with van der Waals surface area (Å²) in [5, 5.41) is 19.6. The molecule has 0 saturated heterocycles. The molecule has 5 aromatic rings. The number of aromatic amines is 1. The van der Waals surface area contributed by atoms with E-state index in [0.717, 1.165) is 25.0 Å². The molecule has 0 spiro atoms. The minimum Gasteiger partial charge on any atom is -0.406 e. The lowest BCUT2D eigenvalue weighted by atomic mass is 9.98. The lowest BCUT2D eigenvalue weighted by molar-refractivity contribution is -0.274. The summed E-state index contributed by atoms with van der Waals surface area (Å²) in [5.74, 6) is 0.443. The molecule has 1 heterocycles. The molecule has 1 saturated carbocycles. The summed E-state index contributed by atoms with van der Waals surface area (Å²) in [4.78, 5) is 14.8. The number of tetrazole rings is 1. The second-order valence-electron chi connectivity index (χ2n) is 11.5. The van der Waals surface area contributed by atoms with Gasteiger partial charge in [0.15, 0.2) is 5.82 Å². The Hall–Kier alpha value is -5.60. The van der Waals surface area contributed by atoms with Crippen LogP contribution >= 0.6 is 0 Å². The second kappa shape index (κ2) is 13.9. The molecule has 9 nitrogen and oxygen atoms in total. The van der Waals surface area contributed by atoms with Gasteiger partial charge in [-0.1, -0.05) is 54.6 Å². The summed E-state index contributed by atoms with van der Waals surface area (Å²) >= 11 is 0. The molecule has 0 bridgehead atoms. The number of amides is 2. The number of rotatable bonds is 11. The van der Waals surface area contributed by atoms with E-state index in [-0.39, 0.29) is 17.9 Å². The highest BCUT2D eigenvalue weighted by molar-refractivity contribution is 6.02. The zero-order valence-electron chi connectivity index (χ0n) is 25.6. The van der Waals surface area contributed by atoms with E-state index in [9.17, 15) is 31.1 Å². The Kier molecular flexibility index (Phi) is 9.42. The first-order valence-electron chi connectivity index (χ1n) is 15.2. The smallest absolute Gasteiger partial charge is 0.406 e. The molecule has 1 aliphatic carbocycles. The predicted octanol–water partition coefficient (Wildman–Crippen LogP) is 8.91. The first-order chi connectivity index (χ1) is 23.4. The molecule has 49 heavy (non-hydrogen) atoms. The summed E-state index contributed by atoms with van der Waals surface area (Å²) in [5.41, 5.74) is 4.48. The van der Waals surface area contributed by atoms with Crippen molar-refractivity contribution < 1.29 is 35.9 Å². The van der Waals surface area contributed by atoms with Crippen LogP contribution in [0.25, 0.3) is 22.5 Å². The van der Waals surface area contributed by atoms with Crippen molar-refractivity contribution >= 4 is 23.1 Å². The van der Waals surface area contributed by atoms with Crippen molar-refractivity contribution in [3.63, 3.8) is 0 Å². The third-order valence-corrected chi connectivity index (χ3v) is 7.84. The van der Waals surface area contributed by atoms with Gasteiger partial charge in [0.2, 0.25) is 0 Å². The largest absolute Gasteiger partial charge is 0.573 e. The lowest BCUT2D eigenvalue weighted by Crippen LogP contribution is -2.29. The molecule has 0 radical (unpaired) electrons. The third kappa shape index (κ3) is 9.06. The number of benzene rings is 4. The van der Waals surface area contributed by atoms with Crippen LogP contribution in [-0.2, 0) is 6.54 Å². The summed E-state index contributed by atoms with van der Waals surface area (Å²) in [6, 6.07) is 23.8. The van der Waals surface area contributed by atoms with Crippen molar-refractivity contribution in [2.75, 3.05) is 22.1 Å². The van der Waals surface area contributed by atoms with Crippen LogP contribution < -0.4 is 20.3 Å². The van der Waals surface area contributed by atoms with Crippen molar-refractivity contribution in [2.45, 2.75) is 44.3 Å².